The lowest BCUT2D eigenvalue weighted by Crippen LogP contribution is -2.40. The van der Waals surface area contributed by atoms with Crippen molar-refractivity contribution in [3.63, 3.8) is 0 Å². The first-order valence-electron chi connectivity index (χ1n) is 3.98. The number of methoxy groups -OCH3 is 1. The Kier molecular flexibility index (Phi) is 4.57. The predicted octanol–water partition coefficient (Wildman–Crippen LogP) is 0.955. The van der Waals surface area contributed by atoms with Crippen LogP contribution in [-0.2, 0) is 9.53 Å². The summed E-state index contributed by atoms with van der Waals surface area (Å²) in [5.74, 6) is 0.567. The van der Waals surface area contributed by atoms with Crippen LogP contribution < -0.4 is 5.73 Å². The summed E-state index contributed by atoms with van der Waals surface area (Å²) in [6, 6.07) is 0.218. The average molecular weight is 194 g/mol. The van der Waals surface area contributed by atoms with Gasteiger partial charge in [0.1, 0.15) is 0 Å². The van der Waals surface area contributed by atoms with Crippen molar-refractivity contribution in [1.82, 2.24) is 0 Å². The van der Waals surface area contributed by atoms with Crippen LogP contribution in [0.5, 0.6) is 0 Å². The maximum Gasteiger partial charge on any atom is 0.308 e. The summed E-state index contributed by atoms with van der Waals surface area (Å²) in [5, 5.41) is 0. The first-order valence-corrected chi connectivity index (χ1v) is 3.98. The van der Waals surface area contributed by atoms with E-state index >= 15 is 0 Å². The molecular weight excluding hydrogens is 178 g/mol. The number of hydrogen-bond acceptors (Lipinski definition) is 3. The molecule has 2 N–H and O–H groups in total. The van der Waals surface area contributed by atoms with Crippen LogP contribution >= 0.6 is 12.4 Å². The minimum absolute atomic E-state index is 0. The van der Waals surface area contributed by atoms with Crippen molar-refractivity contribution in [1.29, 1.82) is 0 Å². The molecule has 0 bridgehead atoms. The standard InChI is InChI=1S/C8H15NO2.ClH/c1-5(9)6-3-7(4-6)8(10)11-2;/h5-7H,3-4,9H2,1-2H3;1H. The number of rotatable bonds is 2. The molecule has 0 saturated heterocycles. The second-order valence-electron chi connectivity index (χ2n) is 3.31. The fraction of sp³-hybridized carbons (Fsp3) is 0.875. The van der Waals surface area contributed by atoms with Gasteiger partial charge in [-0.25, -0.2) is 0 Å². The highest BCUT2D eigenvalue weighted by molar-refractivity contribution is 5.85. The van der Waals surface area contributed by atoms with E-state index in [0.29, 0.717) is 5.92 Å². The van der Waals surface area contributed by atoms with E-state index in [1.165, 1.54) is 7.11 Å². The Morgan fingerprint density at radius 2 is 2.08 bits per heavy atom. The molecule has 0 heterocycles. The van der Waals surface area contributed by atoms with E-state index < -0.39 is 0 Å². The van der Waals surface area contributed by atoms with Crippen LogP contribution in [0.4, 0.5) is 0 Å². The third-order valence-electron chi connectivity index (χ3n) is 2.45. The van der Waals surface area contributed by atoms with E-state index in [0.717, 1.165) is 12.8 Å². The highest BCUT2D eigenvalue weighted by atomic mass is 35.5. The van der Waals surface area contributed by atoms with Crippen molar-refractivity contribution in [2.45, 2.75) is 25.8 Å². The second-order valence-corrected chi connectivity index (χ2v) is 3.31. The Labute approximate surface area is 79.1 Å². The Bertz CT molecular complexity index is 155. The third-order valence-corrected chi connectivity index (χ3v) is 2.45. The van der Waals surface area contributed by atoms with Crippen molar-refractivity contribution < 1.29 is 9.53 Å². The molecule has 0 spiro atoms. The second kappa shape index (κ2) is 4.67. The molecule has 12 heavy (non-hydrogen) atoms. The number of hydrogen-bond donors (Lipinski definition) is 1. The summed E-state index contributed by atoms with van der Waals surface area (Å²) in [5.41, 5.74) is 5.65. The smallest absolute Gasteiger partial charge is 0.308 e. The fourth-order valence-corrected chi connectivity index (χ4v) is 1.45. The fourth-order valence-electron chi connectivity index (χ4n) is 1.45. The van der Waals surface area contributed by atoms with E-state index in [1.807, 2.05) is 6.92 Å². The first-order chi connectivity index (χ1) is 5.15. The van der Waals surface area contributed by atoms with Crippen LogP contribution in [0.3, 0.4) is 0 Å². The van der Waals surface area contributed by atoms with Crippen LogP contribution in [0.15, 0.2) is 0 Å². The van der Waals surface area contributed by atoms with Gasteiger partial charge in [-0.05, 0) is 25.7 Å². The molecule has 0 aliphatic heterocycles. The third kappa shape index (κ3) is 2.35. The first kappa shape index (κ1) is 11.7. The van der Waals surface area contributed by atoms with Gasteiger partial charge in [0.2, 0.25) is 0 Å². The summed E-state index contributed by atoms with van der Waals surface area (Å²) in [7, 11) is 1.43. The monoisotopic (exact) mass is 193 g/mol. The minimum Gasteiger partial charge on any atom is -0.469 e. The Morgan fingerprint density at radius 1 is 1.58 bits per heavy atom. The molecule has 3 nitrogen and oxygen atoms in total. The number of carbonyl (C=O) groups excluding carboxylic acids is 1. The maximum absolute atomic E-state index is 10.9. The van der Waals surface area contributed by atoms with Gasteiger partial charge in [-0.2, -0.15) is 0 Å². The van der Waals surface area contributed by atoms with E-state index in [2.05, 4.69) is 4.74 Å². The Hall–Kier alpha value is -0.280. The van der Waals surface area contributed by atoms with Gasteiger partial charge in [0, 0.05) is 6.04 Å². The SMILES string of the molecule is COC(=O)C1CC(C(C)N)C1.Cl. The zero-order valence-electron chi connectivity index (χ0n) is 7.45. The van der Waals surface area contributed by atoms with Crippen LogP contribution in [0, 0.1) is 11.8 Å². The van der Waals surface area contributed by atoms with E-state index in [9.17, 15) is 4.79 Å². The van der Waals surface area contributed by atoms with E-state index in [-0.39, 0.29) is 30.3 Å². The highest BCUT2D eigenvalue weighted by Gasteiger charge is 2.36. The molecule has 1 saturated carbocycles. The summed E-state index contributed by atoms with van der Waals surface area (Å²) in [6.07, 6.45) is 1.81. The van der Waals surface area contributed by atoms with Gasteiger partial charge in [0.15, 0.2) is 0 Å². The largest absolute Gasteiger partial charge is 0.469 e. The molecule has 1 unspecified atom stereocenters. The number of halogens is 1. The van der Waals surface area contributed by atoms with Gasteiger partial charge in [0.05, 0.1) is 13.0 Å². The zero-order chi connectivity index (χ0) is 8.43. The number of carbonyl (C=O) groups is 1. The molecule has 1 aliphatic carbocycles. The number of ether oxygens (including phenoxy) is 1. The van der Waals surface area contributed by atoms with Crippen molar-refractivity contribution in [3.05, 3.63) is 0 Å². The van der Waals surface area contributed by atoms with E-state index in [4.69, 9.17) is 5.73 Å². The van der Waals surface area contributed by atoms with Gasteiger partial charge in [-0.3, -0.25) is 4.79 Å². The summed E-state index contributed by atoms with van der Waals surface area (Å²) in [6.45, 7) is 1.98. The highest BCUT2D eigenvalue weighted by Crippen LogP contribution is 2.35. The molecule has 0 aromatic carbocycles. The molecular formula is C8H16ClNO2. The average Bonchev–Trinajstić information content (AvgIpc) is 1.83. The van der Waals surface area contributed by atoms with Gasteiger partial charge in [-0.1, -0.05) is 0 Å². The molecule has 4 heteroatoms. The summed E-state index contributed by atoms with van der Waals surface area (Å²) in [4.78, 5) is 10.9. The molecule has 72 valence electrons. The van der Waals surface area contributed by atoms with Crippen LogP contribution in [0.25, 0.3) is 0 Å². The van der Waals surface area contributed by atoms with Crippen molar-refractivity contribution in [2.75, 3.05) is 7.11 Å². The lowest BCUT2D eigenvalue weighted by molar-refractivity contribution is -0.150. The molecule has 1 rings (SSSR count). The number of nitrogens with two attached hydrogens (primary N) is 1. The van der Waals surface area contributed by atoms with Crippen LogP contribution in [0.2, 0.25) is 0 Å². The van der Waals surface area contributed by atoms with Crippen LogP contribution in [0.1, 0.15) is 19.8 Å². The van der Waals surface area contributed by atoms with Crippen molar-refractivity contribution in [2.24, 2.45) is 17.6 Å². The van der Waals surface area contributed by atoms with Gasteiger partial charge >= 0.3 is 5.97 Å². The van der Waals surface area contributed by atoms with Crippen molar-refractivity contribution in [3.8, 4) is 0 Å². The zero-order valence-corrected chi connectivity index (χ0v) is 8.26. The molecule has 1 atom stereocenters. The molecule has 0 aromatic rings. The molecule has 0 amide bonds. The molecule has 1 fully saturated rings. The minimum atomic E-state index is -0.0816. The quantitative estimate of drug-likeness (QED) is 0.665. The van der Waals surface area contributed by atoms with Crippen LogP contribution in [-0.4, -0.2) is 19.1 Å². The summed E-state index contributed by atoms with van der Waals surface area (Å²) >= 11 is 0. The Morgan fingerprint density at radius 3 is 2.42 bits per heavy atom. The normalized spacial score (nSPS) is 29.6. The lowest BCUT2D eigenvalue weighted by Gasteiger charge is -2.35. The van der Waals surface area contributed by atoms with Gasteiger partial charge < -0.3 is 10.5 Å². The molecule has 0 radical (unpaired) electrons. The Balaban J connectivity index is 0.00000121. The van der Waals surface area contributed by atoms with Crippen molar-refractivity contribution >= 4 is 18.4 Å². The molecule has 1 aliphatic rings. The topological polar surface area (TPSA) is 52.3 Å². The van der Waals surface area contributed by atoms with Gasteiger partial charge in [-0.15, -0.1) is 12.4 Å². The molecule has 0 aromatic heterocycles. The van der Waals surface area contributed by atoms with E-state index in [1.54, 1.807) is 0 Å². The predicted molar refractivity (Wildman–Crippen MR) is 49.1 cm³/mol. The summed E-state index contributed by atoms with van der Waals surface area (Å²) < 4.78 is 4.60. The number of esters is 1. The maximum atomic E-state index is 10.9. The lowest BCUT2D eigenvalue weighted by atomic mass is 9.72. The van der Waals surface area contributed by atoms with Gasteiger partial charge in [0.25, 0.3) is 0 Å².